The minimum absolute atomic E-state index is 0.0325. The van der Waals surface area contributed by atoms with Crippen LogP contribution in [0.2, 0.25) is 0 Å². The lowest BCUT2D eigenvalue weighted by molar-refractivity contribution is -0.138. The van der Waals surface area contributed by atoms with Crippen LogP contribution in [-0.4, -0.2) is 24.2 Å². The van der Waals surface area contributed by atoms with Gasteiger partial charge in [-0.25, -0.2) is 4.79 Å². The Bertz CT molecular complexity index is 1180. The van der Waals surface area contributed by atoms with Gasteiger partial charge in [0.1, 0.15) is 29.8 Å². The number of aromatic amines is 1. The van der Waals surface area contributed by atoms with E-state index in [9.17, 15) is 14.9 Å². The third-order valence-corrected chi connectivity index (χ3v) is 4.62. The molecular formula is C22H21N3O5. The number of rotatable bonds is 6. The number of esters is 1. The molecular weight excluding hydrogens is 386 g/mol. The second-order valence-corrected chi connectivity index (χ2v) is 6.52. The summed E-state index contributed by atoms with van der Waals surface area (Å²) in [6.45, 7) is 7.37. The highest BCUT2D eigenvalue weighted by Gasteiger charge is 2.37. The van der Waals surface area contributed by atoms with Crippen LogP contribution in [0.25, 0.3) is 10.9 Å². The van der Waals surface area contributed by atoms with Crippen LogP contribution in [0.15, 0.2) is 64.5 Å². The smallest absolute Gasteiger partial charge is 0.338 e. The van der Waals surface area contributed by atoms with E-state index in [2.05, 4.69) is 11.6 Å². The highest BCUT2D eigenvalue weighted by atomic mass is 16.5. The molecule has 154 valence electrons. The number of fused-ring (bicyclic) bond motifs is 1. The predicted molar refractivity (Wildman–Crippen MR) is 110 cm³/mol. The molecule has 0 fully saturated rings. The maximum atomic E-state index is 12.9. The normalized spacial score (nSPS) is 16.1. The van der Waals surface area contributed by atoms with Gasteiger partial charge in [0.2, 0.25) is 5.88 Å². The molecule has 8 heteroatoms. The quantitative estimate of drug-likeness (QED) is 0.557. The first kappa shape index (κ1) is 20.7. The largest absolute Gasteiger partial charge is 0.494 e. The number of nitrogens with one attached hydrogen (secondary N) is 1. The Hall–Kier alpha value is -3.99. The number of nitrogens with two attached hydrogens (primary N) is 1. The maximum Gasteiger partial charge on any atom is 0.338 e. The van der Waals surface area contributed by atoms with Crippen molar-refractivity contribution in [1.29, 1.82) is 5.26 Å². The van der Waals surface area contributed by atoms with Gasteiger partial charge in [-0.1, -0.05) is 12.7 Å². The van der Waals surface area contributed by atoms with E-state index in [1.54, 1.807) is 24.3 Å². The molecule has 0 spiro atoms. The van der Waals surface area contributed by atoms with E-state index in [1.165, 1.54) is 13.0 Å². The molecule has 30 heavy (non-hydrogen) atoms. The predicted octanol–water partition coefficient (Wildman–Crippen LogP) is 2.74. The van der Waals surface area contributed by atoms with E-state index >= 15 is 0 Å². The van der Waals surface area contributed by atoms with Crippen LogP contribution in [0.4, 0.5) is 0 Å². The fourth-order valence-electron chi connectivity index (χ4n) is 3.34. The van der Waals surface area contributed by atoms with Gasteiger partial charge in [-0.3, -0.25) is 4.79 Å². The van der Waals surface area contributed by atoms with E-state index < -0.39 is 17.4 Å². The number of nitrogens with zero attached hydrogens (tertiary/aromatic N) is 1. The van der Waals surface area contributed by atoms with Crippen LogP contribution >= 0.6 is 0 Å². The lowest BCUT2D eigenvalue weighted by atomic mass is 9.83. The average molecular weight is 407 g/mol. The Morgan fingerprint density at radius 2 is 2.20 bits per heavy atom. The number of carbonyl (C=O) groups excluding carboxylic acids is 1. The number of H-pyrrole nitrogens is 1. The fraction of sp³-hybridized carbons (Fsp3) is 0.227. The van der Waals surface area contributed by atoms with Crippen LogP contribution in [0, 0.1) is 11.3 Å². The number of nitriles is 1. The van der Waals surface area contributed by atoms with Crippen molar-refractivity contribution in [3.63, 3.8) is 0 Å². The molecule has 3 N–H and O–H groups in total. The van der Waals surface area contributed by atoms with Crippen LogP contribution < -0.4 is 16.0 Å². The summed E-state index contributed by atoms with van der Waals surface area (Å²) in [6, 6.07) is 8.82. The van der Waals surface area contributed by atoms with Gasteiger partial charge in [0, 0.05) is 16.5 Å². The first-order chi connectivity index (χ1) is 14.4. The molecule has 0 bridgehead atoms. The number of aromatic nitrogens is 1. The molecule has 0 radical (unpaired) electrons. The summed E-state index contributed by atoms with van der Waals surface area (Å²) in [7, 11) is 0. The monoisotopic (exact) mass is 407 g/mol. The summed E-state index contributed by atoms with van der Waals surface area (Å²) in [5.74, 6) is -1.14. The first-order valence-corrected chi connectivity index (χ1v) is 9.27. The third kappa shape index (κ3) is 3.78. The highest BCUT2D eigenvalue weighted by Crippen LogP contribution is 2.39. The van der Waals surface area contributed by atoms with Crippen LogP contribution in [0.3, 0.4) is 0 Å². The second-order valence-electron chi connectivity index (χ2n) is 6.52. The lowest BCUT2D eigenvalue weighted by Crippen LogP contribution is -2.29. The minimum Gasteiger partial charge on any atom is -0.494 e. The van der Waals surface area contributed by atoms with Crippen molar-refractivity contribution in [2.45, 2.75) is 19.8 Å². The Balaban J connectivity index is 2.22. The van der Waals surface area contributed by atoms with E-state index in [4.69, 9.17) is 19.9 Å². The van der Waals surface area contributed by atoms with Gasteiger partial charge in [-0.2, -0.15) is 5.26 Å². The van der Waals surface area contributed by atoms with E-state index in [-0.39, 0.29) is 35.0 Å². The van der Waals surface area contributed by atoms with Gasteiger partial charge in [0.05, 0.1) is 18.1 Å². The van der Waals surface area contributed by atoms with Crippen LogP contribution in [0.1, 0.15) is 25.3 Å². The van der Waals surface area contributed by atoms with E-state index in [0.29, 0.717) is 23.3 Å². The summed E-state index contributed by atoms with van der Waals surface area (Å²) in [5.41, 5.74) is 6.19. The van der Waals surface area contributed by atoms with Crippen LogP contribution in [0.5, 0.6) is 5.75 Å². The number of hydrogen-bond acceptors (Lipinski definition) is 7. The third-order valence-electron chi connectivity index (χ3n) is 4.62. The summed E-state index contributed by atoms with van der Waals surface area (Å²) in [4.78, 5) is 28.4. The maximum absolute atomic E-state index is 12.9. The molecule has 0 saturated heterocycles. The molecule has 8 nitrogen and oxygen atoms in total. The summed E-state index contributed by atoms with van der Waals surface area (Å²) in [5, 5.41) is 10.4. The van der Waals surface area contributed by atoms with Gasteiger partial charge in [-0.05, 0) is 38.1 Å². The molecule has 1 aliphatic heterocycles. The van der Waals surface area contributed by atoms with Gasteiger partial charge >= 0.3 is 5.97 Å². The van der Waals surface area contributed by atoms with Crippen molar-refractivity contribution in [1.82, 2.24) is 4.98 Å². The van der Waals surface area contributed by atoms with E-state index in [1.807, 2.05) is 13.0 Å². The number of pyridine rings is 1. The second kappa shape index (κ2) is 8.57. The molecule has 2 aromatic rings. The number of allylic oxidation sites excluding steroid dienone is 2. The molecule has 1 aromatic carbocycles. The number of hydrogen-bond donors (Lipinski definition) is 2. The van der Waals surface area contributed by atoms with Crippen molar-refractivity contribution < 1.29 is 19.0 Å². The topological polar surface area (TPSA) is 127 Å². The van der Waals surface area contributed by atoms with Crippen molar-refractivity contribution in [2.75, 3.05) is 13.2 Å². The first-order valence-electron chi connectivity index (χ1n) is 9.27. The average Bonchev–Trinajstić information content (AvgIpc) is 2.71. The molecule has 0 amide bonds. The van der Waals surface area contributed by atoms with Crippen molar-refractivity contribution in [3.05, 3.63) is 75.6 Å². The van der Waals surface area contributed by atoms with Crippen molar-refractivity contribution >= 4 is 16.9 Å². The highest BCUT2D eigenvalue weighted by molar-refractivity contribution is 5.93. The zero-order chi connectivity index (χ0) is 21.8. The molecule has 1 aliphatic rings. The molecule has 1 unspecified atom stereocenters. The summed E-state index contributed by atoms with van der Waals surface area (Å²) >= 11 is 0. The zero-order valence-electron chi connectivity index (χ0n) is 16.7. The molecule has 1 atom stereocenters. The number of ether oxygens (including phenoxy) is 3. The Labute approximate surface area is 172 Å². The van der Waals surface area contributed by atoms with Crippen molar-refractivity contribution in [3.8, 4) is 11.8 Å². The summed E-state index contributed by atoms with van der Waals surface area (Å²) < 4.78 is 16.1. The van der Waals surface area contributed by atoms with Crippen LogP contribution in [-0.2, 0) is 14.3 Å². The van der Waals surface area contributed by atoms with Crippen molar-refractivity contribution in [2.24, 2.45) is 5.73 Å². The Kier molecular flexibility index (Phi) is 5.93. The number of carbonyl (C=O) groups is 1. The zero-order valence-corrected chi connectivity index (χ0v) is 16.7. The molecule has 3 rings (SSSR count). The minimum atomic E-state index is -1.04. The van der Waals surface area contributed by atoms with Gasteiger partial charge in [-0.15, -0.1) is 0 Å². The van der Waals surface area contributed by atoms with Gasteiger partial charge < -0.3 is 24.9 Å². The SMILES string of the molecule is C=CCOC(=O)C1=C(C)OC(N)=C(C#N)C1c1cc2cc(OCC)ccc2[nH]c1=O. The van der Waals surface area contributed by atoms with E-state index in [0.717, 1.165) is 0 Å². The fourth-order valence-corrected chi connectivity index (χ4v) is 3.34. The standard InChI is InChI=1S/C22H21N3O5/c1-4-8-29-22(27)18-12(3)30-20(24)16(11-23)19(18)15-10-13-9-14(28-5-2)6-7-17(13)25-21(15)26/h4,6-7,9-10,19H,1,5,8,24H2,2-3H3,(H,25,26). The van der Waals surface area contributed by atoms with Gasteiger partial charge in [0.25, 0.3) is 5.56 Å². The molecule has 0 saturated carbocycles. The Morgan fingerprint density at radius 3 is 2.87 bits per heavy atom. The molecule has 0 aliphatic carbocycles. The summed E-state index contributed by atoms with van der Waals surface area (Å²) in [6.07, 6.45) is 1.42. The lowest BCUT2D eigenvalue weighted by Gasteiger charge is -2.26. The van der Waals surface area contributed by atoms with Gasteiger partial charge in [0.15, 0.2) is 0 Å². The number of benzene rings is 1. The molecule has 1 aromatic heterocycles. The molecule has 2 heterocycles. The Morgan fingerprint density at radius 1 is 1.43 bits per heavy atom.